The molecule has 0 aliphatic carbocycles. The molecule has 1 fully saturated rings. The second-order valence-corrected chi connectivity index (χ2v) is 4.13. The van der Waals surface area contributed by atoms with Crippen LogP contribution in [0.1, 0.15) is 13.3 Å². The first kappa shape index (κ1) is 12.3. The number of thiol groups is 1. The Kier molecular flexibility index (Phi) is 3.96. The van der Waals surface area contributed by atoms with Gasteiger partial charge in [0.15, 0.2) is 0 Å². The van der Waals surface area contributed by atoms with Gasteiger partial charge in [-0.1, -0.05) is 6.92 Å². The Morgan fingerprint density at radius 1 is 1.67 bits per heavy atom. The second kappa shape index (κ2) is 4.83. The predicted molar refractivity (Wildman–Crippen MR) is 55.7 cm³/mol. The van der Waals surface area contributed by atoms with E-state index in [0.717, 1.165) is 4.90 Å². The summed E-state index contributed by atoms with van der Waals surface area (Å²) in [5, 5.41) is 8.83. The van der Waals surface area contributed by atoms with Gasteiger partial charge in [-0.15, -0.1) is 0 Å². The number of carboxylic acids is 1. The van der Waals surface area contributed by atoms with Gasteiger partial charge in [-0.25, -0.2) is 9.18 Å². The Labute approximate surface area is 92.9 Å². The number of aliphatic carboxylic acids is 1. The molecule has 2 unspecified atom stereocenters. The van der Waals surface area contributed by atoms with Gasteiger partial charge in [0.25, 0.3) is 0 Å². The topological polar surface area (TPSA) is 57.6 Å². The van der Waals surface area contributed by atoms with Gasteiger partial charge in [-0.3, -0.25) is 4.79 Å². The Balaban J connectivity index is 2.75. The van der Waals surface area contributed by atoms with Gasteiger partial charge in [0.1, 0.15) is 12.2 Å². The van der Waals surface area contributed by atoms with Crippen LogP contribution >= 0.6 is 12.6 Å². The molecule has 6 heteroatoms. The number of halogens is 1. The van der Waals surface area contributed by atoms with Gasteiger partial charge in [-0.2, -0.15) is 12.6 Å². The van der Waals surface area contributed by atoms with Gasteiger partial charge in [0.2, 0.25) is 5.91 Å². The minimum atomic E-state index is -1.23. The van der Waals surface area contributed by atoms with Crippen LogP contribution in [0.5, 0.6) is 0 Å². The molecule has 0 bridgehead atoms. The number of hydrogen-bond acceptors (Lipinski definition) is 3. The third-order valence-corrected chi connectivity index (χ3v) is 3.06. The van der Waals surface area contributed by atoms with Gasteiger partial charge in [-0.05, 0) is 0 Å². The average Bonchev–Trinajstić information content (AvgIpc) is 2.58. The van der Waals surface area contributed by atoms with E-state index in [0.29, 0.717) is 5.75 Å². The smallest absolute Gasteiger partial charge is 0.326 e. The molecule has 0 aromatic heterocycles. The van der Waals surface area contributed by atoms with Crippen LogP contribution in [-0.4, -0.2) is 46.4 Å². The van der Waals surface area contributed by atoms with Crippen LogP contribution in [0.2, 0.25) is 0 Å². The zero-order valence-electron chi connectivity index (χ0n) is 8.39. The maximum absolute atomic E-state index is 13.0. The van der Waals surface area contributed by atoms with E-state index in [2.05, 4.69) is 12.6 Å². The molecule has 0 spiro atoms. The molecule has 0 radical (unpaired) electrons. The highest BCUT2D eigenvalue weighted by Crippen LogP contribution is 2.22. The van der Waals surface area contributed by atoms with Crippen molar-refractivity contribution in [2.75, 3.05) is 12.3 Å². The highest BCUT2D eigenvalue weighted by atomic mass is 32.1. The van der Waals surface area contributed by atoms with Crippen molar-refractivity contribution in [2.24, 2.45) is 5.92 Å². The molecule has 15 heavy (non-hydrogen) atoms. The Bertz CT molecular complexity index is 274. The van der Waals surface area contributed by atoms with Gasteiger partial charge < -0.3 is 10.0 Å². The molecule has 1 saturated heterocycles. The summed E-state index contributed by atoms with van der Waals surface area (Å²) in [5.74, 6) is -1.52. The van der Waals surface area contributed by atoms with Crippen molar-refractivity contribution in [3.05, 3.63) is 0 Å². The van der Waals surface area contributed by atoms with E-state index in [9.17, 15) is 14.0 Å². The predicted octanol–water partition coefficient (Wildman–Crippen LogP) is 0.576. The van der Waals surface area contributed by atoms with Gasteiger partial charge >= 0.3 is 5.97 Å². The highest BCUT2D eigenvalue weighted by molar-refractivity contribution is 7.80. The van der Waals surface area contributed by atoms with E-state index in [-0.39, 0.29) is 24.8 Å². The van der Waals surface area contributed by atoms with Crippen LogP contribution in [0, 0.1) is 5.92 Å². The molecule has 3 atom stereocenters. The minimum Gasteiger partial charge on any atom is -0.480 e. The molecule has 0 saturated carbocycles. The Morgan fingerprint density at radius 3 is 2.73 bits per heavy atom. The zero-order chi connectivity index (χ0) is 11.6. The summed E-state index contributed by atoms with van der Waals surface area (Å²) in [6.45, 7) is 1.54. The fourth-order valence-corrected chi connectivity index (χ4v) is 1.78. The SMILES string of the molecule is CC(CS)C(=O)N1CC(F)C[C@H]1C(=O)O. The molecular formula is C9H14FNO3S. The van der Waals surface area contributed by atoms with E-state index >= 15 is 0 Å². The van der Waals surface area contributed by atoms with Crippen LogP contribution in [-0.2, 0) is 9.59 Å². The van der Waals surface area contributed by atoms with E-state index in [4.69, 9.17) is 5.11 Å². The number of alkyl halides is 1. The van der Waals surface area contributed by atoms with Crippen molar-refractivity contribution in [1.29, 1.82) is 0 Å². The molecule has 0 aromatic carbocycles. The number of carbonyl (C=O) groups excluding carboxylic acids is 1. The van der Waals surface area contributed by atoms with E-state index in [1.54, 1.807) is 6.92 Å². The van der Waals surface area contributed by atoms with E-state index in [1.165, 1.54) is 0 Å². The maximum atomic E-state index is 13.0. The van der Waals surface area contributed by atoms with Crippen molar-refractivity contribution in [2.45, 2.75) is 25.6 Å². The molecule has 86 valence electrons. The molecule has 4 nitrogen and oxygen atoms in total. The Morgan fingerprint density at radius 2 is 2.27 bits per heavy atom. The monoisotopic (exact) mass is 235 g/mol. The van der Waals surface area contributed by atoms with Crippen molar-refractivity contribution in [3.8, 4) is 0 Å². The lowest BCUT2D eigenvalue weighted by Gasteiger charge is -2.23. The first-order valence-corrected chi connectivity index (χ1v) is 5.38. The average molecular weight is 235 g/mol. The number of carbonyl (C=O) groups is 2. The summed E-state index contributed by atoms with van der Waals surface area (Å²) in [5.41, 5.74) is 0. The molecule has 1 aliphatic heterocycles. The summed E-state index contributed by atoms with van der Waals surface area (Å²) in [6, 6.07) is -1.02. The molecule has 1 heterocycles. The quantitative estimate of drug-likeness (QED) is 0.703. The largest absolute Gasteiger partial charge is 0.480 e. The number of hydrogen-bond donors (Lipinski definition) is 2. The van der Waals surface area contributed by atoms with Crippen molar-refractivity contribution in [3.63, 3.8) is 0 Å². The molecule has 1 rings (SSSR count). The third-order valence-electron chi connectivity index (χ3n) is 2.51. The van der Waals surface area contributed by atoms with E-state index in [1.807, 2.05) is 0 Å². The molecule has 1 aliphatic rings. The van der Waals surface area contributed by atoms with Crippen molar-refractivity contribution < 1.29 is 19.1 Å². The minimum absolute atomic E-state index is 0.111. The first-order chi connectivity index (χ1) is 6.97. The van der Waals surface area contributed by atoms with Crippen molar-refractivity contribution in [1.82, 2.24) is 4.90 Å². The van der Waals surface area contributed by atoms with Crippen LogP contribution in [0.3, 0.4) is 0 Å². The second-order valence-electron chi connectivity index (χ2n) is 3.76. The number of rotatable bonds is 3. The van der Waals surface area contributed by atoms with Crippen molar-refractivity contribution >= 4 is 24.5 Å². The molecular weight excluding hydrogens is 221 g/mol. The lowest BCUT2D eigenvalue weighted by Crippen LogP contribution is -2.43. The molecule has 0 aromatic rings. The Hall–Kier alpha value is -0.780. The standard InChI is InChI=1S/C9H14FNO3S/c1-5(4-15)8(12)11-3-6(10)2-7(11)9(13)14/h5-7,15H,2-4H2,1H3,(H,13,14)/t5?,6?,7-/m0/s1. The van der Waals surface area contributed by atoms with Crippen LogP contribution in [0.25, 0.3) is 0 Å². The van der Waals surface area contributed by atoms with Crippen LogP contribution in [0.15, 0.2) is 0 Å². The van der Waals surface area contributed by atoms with E-state index < -0.39 is 18.2 Å². The summed E-state index contributed by atoms with van der Waals surface area (Å²) in [7, 11) is 0. The summed E-state index contributed by atoms with van der Waals surface area (Å²) in [6.07, 6.45) is -1.34. The summed E-state index contributed by atoms with van der Waals surface area (Å²) in [4.78, 5) is 23.6. The fourth-order valence-electron chi connectivity index (χ4n) is 1.62. The van der Waals surface area contributed by atoms with Crippen LogP contribution in [0.4, 0.5) is 4.39 Å². The molecule has 1 amide bonds. The number of amides is 1. The third kappa shape index (κ3) is 2.62. The lowest BCUT2D eigenvalue weighted by molar-refractivity contribution is -0.149. The first-order valence-electron chi connectivity index (χ1n) is 4.75. The fraction of sp³-hybridized carbons (Fsp3) is 0.778. The number of carboxylic acid groups (broad SMARTS) is 1. The number of likely N-dealkylation sites (tertiary alicyclic amines) is 1. The normalized spacial score (nSPS) is 27.8. The maximum Gasteiger partial charge on any atom is 0.326 e. The highest BCUT2D eigenvalue weighted by Gasteiger charge is 2.40. The summed E-state index contributed by atoms with van der Waals surface area (Å²) < 4.78 is 13.0. The molecule has 1 N–H and O–H groups in total. The summed E-state index contributed by atoms with van der Waals surface area (Å²) >= 11 is 3.96. The zero-order valence-corrected chi connectivity index (χ0v) is 9.28. The lowest BCUT2D eigenvalue weighted by atomic mass is 10.1. The van der Waals surface area contributed by atoms with Crippen LogP contribution < -0.4 is 0 Å². The van der Waals surface area contributed by atoms with Gasteiger partial charge in [0, 0.05) is 18.1 Å². The van der Waals surface area contributed by atoms with Gasteiger partial charge in [0.05, 0.1) is 6.54 Å². The number of nitrogens with zero attached hydrogens (tertiary/aromatic N) is 1.